The number of para-hydroxylation sites is 1. The number of rotatable bonds is 3. The Labute approximate surface area is 85.7 Å². The number of hydrogen-bond donors (Lipinski definition) is 2. The Balaban J connectivity index is 1.99. The van der Waals surface area contributed by atoms with Crippen LogP contribution in [-0.2, 0) is 6.42 Å². The second-order valence-electron chi connectivity index (χ2n) is 3.84. The summed E-state index contributed by atoms with van der Waals surface area (Å²) >= 11 is 0. The SMILES string of the molecule is CCNCC1CCc2ccccc2N1. The molecule has 2 rings (SSSR count). The molecular weight excluding hydrogens is 172 g/mol. The van der Waals surface area contributed by atoms with E-state index in [1.807, 2.05) is 0 Å². The maximum Gasteiger partial charge on any atom is 0.0389 e. The van der Waals surface area contributed by atoms with Gasteiger partial charge in [-0.05, 0) is 31.0 Å². The van der Waals surface area contributed by atoms with E-state index in [1.54, 1.807) is 0 Å². The fraction of sp³-hybridized carbons (Fsp3) is 0.500. The summed E-state index contributed by atoms with van der Waals surface area (Å²) in [7, 11) is 0. The summed E-state index contributed by atoms with van der Waals surface area (Å²) < 4.78 is 0. The van der Waals surface area contributed by atoms with E-state index in [0.29, 0.717) is 6.04 Å². The van der Waals surface area contributed by atoms with Crippen molar-refractivity contribution in [1.82, 2.24) is 5.32 Å². The van der Waals surface area contributed by atoms with Gasteiger partial charge in [-0.25, -0.2) is 0 Å². The molecule has 1 atom stereocenters. The minimum atomic E-state index is 0.602. The smallest absolute Gasteiger partial charge is 0.0389 e. The third-order valence-corrected chi connectivity index (χ3v) is 2.78. The van der Waals surface area contributed by atoms with E-state index in [0.717, 1.165) is 13.1 Å². The van der Waals surface area contributed by atoms with Gasteiger partial charge in [0.1, 0.15) is 0 Å². The molecule has 0 amide bonds. The Bertz CT molecular complexity index is 296. The van der Waals surface area contributed by atoms with Gasteiger partial charge in [0.15, 0.2) is 0 Å². The third-order valence-electron chi connectivity index (χ3n) is 2.78. The number of aryl methyl sites for hydroxylation is 1. The quantitative estimate of drug-likeness (QED) is 0.762. The third kappa shape index (κ3) is 2.07. The van der Waals surface area contributed by atoms with Crippen LogP contribution in [0, 0.1) is 0 Å². The van der Waals surface area contributed by atoms with Crippen molar-refractivity contribution in [3.63, 3.8) is 0 Å². The van der Waals surface area contributed by atoms with Crippen molar-refractivity contribution in [3.05, 3.63) is 29.8 Å². The second-order valence-corrected chi connectivity index (χ2v) is 3.84. The van der Waals surface area contributed by atoms with Crippen LogP contribution in [-0.4, -0.2) is 19.1 Å². The lowest BCUT2D eigenvalue weighted by Gasteiger charge is -2.27. The molecule has 1 unspecified atom stereocenters. The molecule has 2 heteroatoms. The standard InChI is InChI=1S/C12H18N2/c1-2-13-9-11-8-7-10-5-3-4-6-12(10)14-11/h3-6,11,13-14H,2,7-9H2,1H3. The van der Waals surface area contributed by atoms with Crippen molar-refractivity contribution >= 4 is 5.69 Å². The van der Waals surface area contributed by atoms with Crippen LogP contribution in [0.4, 0.5) is 5.69 Å². The van der Waals surface area contributed by atoms with E-state index < -0.39 is 0 Å². The molecule has 0 saturated carbocycles. The van der Waals surface area contributed by atoms with E-state index in [2.05, 4.69) is 41.8 Å². The van der Waals surface area contributed by atoms with Crippen LogP contribution in [0.1, 0.15) is 18.9 Å². The zero-order valence-electron chi connectivity index (χ0n) is 8.72. The highest BCUT2D eigenvalue weighted by atomic mass is 15.0. The van der Waals surface area contributed by atoms with E-state index in [1.165, 1.54) is 24.1 Å². The second kappa shape index (κ2) is 4.47. The molecule has 14 heavy (non-hydrogen) atoms. The van der Waals surface area contributed by atoms with E-state index >= 15 is 0 Å². The Morgan fingerprint density at radius 2 is 2.29 bits per heavy atom. The zero-order valence-corrected chi connectivity index (χ0v) is 8.72. The van der Waals surface area contributed by atoms with Crippen molar-refractivity contribution in [2.45, 2.75) is 25.8 Å². The summed E-state index contributed by atoms with van der Waals surface area (Å²) in [4.78, 5) is 0. The average molecular weight is 190 g/mol. The Morgan fingerprint density at radius 3 is 3.14 bits per heavy atom. The fourth-order valence-corrected chi connectivity index (χ4v) is 1.97. The highest BCUT2D eigenvalue weighted by molar-refractivity contribution is 5.53. The molecule has 0 aromatic heterocycles. The Hall–Kier alpha value is -1.02. The van der Waals surface area contributed by atoms with Gasteiger partial charge >= 0.3 is 0 Å². The molecule has 0 bridgehead atoms. The Morgan fingerprint density at radius 1 is 1.43 bits per heavy atom. The molecule has 0 aliphatic carbocycles. The predicted octanol–water partition coefficient (Wildman–Crippen LogP) is 2.02. The lowest BCUT2D eigenvalue weighted by Crippen LogP contribution is -2.35. The molecule has 2 nitrogen and oxygen atoms in total. The maximum atomic E-state index is 3.57. The van der Waals surface area contributed by atoms with Crippen molar-refractivity contribution in [1.29, 1.82) is 0 Å². The first kappa shape index (κ1) is 9.53. The minimum Gasteiger partial charge on any atom is -0.381 e. The summed E-state index contributed by atoms with van der Waals surface area (Å²) in [5.41, 5.74) is 2.78. The topological polar surface area (TPSA) is 24.1 Å². The Kier molecular flexibility index (Phi) is 3.04. The van der Waals surface area contributed by atoms with Crippen LogP contribution >= 0.6 is 0 Å². The van der Waals surface area contributed by atoms with E-state index in [4.69, 9.17) is 0 Å². The molecule has 1 aromatic carbocycles. The first-order chi connectivity index (χ1) is 6.90. The molecule has 0 spiro atoms. The summed E-state index contributed by atoms with van der Waals surface area (Å²) in [5.74, 6) is 0. The highest BCUT2D eigenvalue weighted by Crippen LogP contribution is 2.23. The summed E-state index contributed by atoms with van der Waals surface area (Å²) in [5, 5.41) is 6.96. The van der Waals surface area contributed by atoms with Crippen LogP contribution in [0.3, 0.4) is 0 Å². The van der Waals surface area contributed by atoms with Crippen LogP contribution in [0.5, 0.6) is 0 Å². The predicted molar refractivity (Wildman–Crippen MR) is 60.7 cm³/mol. The molecule has 0 radical (unpaired) electrons. The van der Waals surface area contributed by atoms with Crippen molar-refractivity contribution in [2.75, 3.05) is 18.4 Å². The maximum absolute atomic E-state index is 3.57. The van der Waals surface area contributed by atoms with Gasteiger partial charge in [-0.3, -0.25) is 0 Å². The minimum absolute atomic E-state index is 0.602. The first-order valence-corrected chi connectivity index (χ1v) is 5.45. The molecule has 0 fully saturated rings. The van der Waals surface area contributed by atoms with Gasteiger partial charge in [-0.2, -0.15) is 0 Å². The summed E-state index contributed by atoms with van der Waals surface area (Å²) in [6.45, 7) is 4.28. The number of fused-ring (bicyclic) bond motifs is 1. The number of anilines is 1. The number of nitrogens with one attached hydrogen (secondary N) is 2. The lowest BCUT2D eigenvalue weighted by atomic mass is 9.98. The van der Waals surface area contributed by atoms with Gasteiger partial charge in [-0.1, -0.05) is 25.1 Å². The molecule has 0 saturated heterocycles. The van der Waals surface area contributed by atoms with E-state index in [-0.39, 0.29) is 0 Å². The normalized spacial score (nSPS) is 19.9. The van der Waals surface area contributed by atoms with E-state index in [9.17, 15) is 0 Å². The van der Waals surface area contributed by atoms with Crippen LogP contribution in [0.2, 0.25) is 0 Å². The fourth-order valence-electron chi connectivity index (χ4n) is 1.97. The molecule has 1 aromatic rings. The van der Waals surface area contributed by atoms with Gasteiger partial charge in [-0.15, -0.1) is 0 Å². The lowest BCUT2D eigenvalue weighted by molar-refractivity contribution is 0.571. The van der Waals surface area contributed by atoms with Gasteiger partial charge in [0.05, 0.1) is 0 Å². The average Bonchev–Trinajstić information content (AvgIpc) is 2.26. The molecule has 1 aliphatic heterocycles. The number of likely N-dealkylation sites (N-methyl/N-ethyl adjacent to an activating group) is 1. The van der Waals surface area contributed by atoms with Crippen LogP contribution < -0.4 is 10.6 Å². The van der Waals surface area contributed by atoms with Crippen molar-refractivity contribution < 1.29 is 0 Å². The number of hydrogen-bond acceptors (Lipinski definition) is 2. The van der Waals surface area contributed by atoms with Gasteiger partial charge in [0.2, 0.25) is 0 Å². The largest absolute Gasteiger partial charge is 0.381 e. The van der Waals surface area contributed by atoms with Crippen molar-refractivity contribution in [2.24, 2.45) is 0 Å². The van der Waals surface area contributed by atoms with Crippen molar-refractivity contribution in [3.8, 4) is 0 Å². The van der Waals surface area contributed by atoms with Crippen LogP contribution in [0.25, 0.3) is 0 Å². The molecule has 1 heterocycles. The van der Waals surface area contributed by atoms with Crippen LogP contribution in [0.15, 0.2) is 24.3 Å². The van der Waals surface area contributed by atoms with Gasteiger partial charge in [0, 0.05) is 18.3 Å². The number of benzene rings is 1. The highest BCUT2D eigenvalue weighted by Gasteiger charge is 2.15. The molecule has 2 N–H and O–H groups in total. The first-order valence-electron chi connectivity index (χ1n) is 5.45. The molecule has 1 aliphatic rings. The summed E-state index contributed by atoms with van der Waals surface area (Å²) in [6.07, 6.45) is 2.45. The summed E-state index contributed by atoms with van der Waals surface area (Å²) in [6, 6.07) is 9.20. The monoisotopic (exact) mass is 190 g/mol. The molecule has 76 valence electrons. The van der Waals surface area contributed by atoms with Gasteiger partial charge < -0.3 is 10.6 Å². The zero-order chi connectivity index (χ0) is 9.80. The molecular formula is C12H18N2. The van der Waals surface area contributed by atoms with Gasteiger partial charge in [0.25, 0.3) is 0 Å².